The minimum absolute atomic E-state index is 0.0594. The van der Waals surface area contributed by atoms with Gasteiger partial charge in [0.15, 0.2) is 0 Å². The molecule has 0 aliphatic heterocycles. The Morgan fingerprint density at radius 2 is 2.04 bits per heavy atom. The van der Waals surface area contributed by atoms with Crippen molar-refractivity contribution in [3.05, 3.63) is 58.7 Å². The van der Waals surface area contributed by atoms with Gasteiger partial charge in [0.25, 0.3) is 5.91 Å². The molecule has 2 rings (SSSR count). The van der Waals surface area contributed by atoms with E-state index in [-0.39, 0.29) is 5.91 Å². The number of benzene rings is 1. The van der Waals surface area contributed by atoms with E-state index in [0.29, 0.717) is 17.9 Å². The number of aromatic nitrogens is 1. The summed E-state index contributed by atoms with van der Waals surface area (Å²) < 4.78 is 0. The van der Waals surface area contributed by atoms with Crippen LogP contribution in [0.4, 0.5) is 0 Å². The summed E-state index contributed by atoms with van der Waals surface area (Å²) in [5, 5.41) is 4.44. The Balaban J connectivity index is 2.00. The number of unbranched alkanes of at least 4 members (excludes halogenated alkanes) is 2. The van der Waals surface area contributed by atoms with Crippen LogP contribution >= 0.6 is 23.4 Å². The van der Waals surface area contributed by atoms with Crippen molar-refractivity contribution >= 4 is 29.3 Å². The Morgan fingerprint density at radius 1 is 1.22 bits per heavy atom. The number of amides is 1. The van der Waals surface area contributed by atoms with E-state index in [9.17, 15) is 4.79 Å². The van der Waals surface area contributed by atoms with Gasteiger partial charge in [-0.3, -0.25) is 4.79 Å². The van der Waals surface area contributed by atoms with Gasteiger partial charge in [-0.05, 0) is 30.2 Å². The summed E-state index contributed by atoms with van der Waals surface area (Å²) in [4.78, 5) is 16.7. The summed E-state index contributed by atoms with van der Waals surface area (Å²) in [5.74, 6) is 0.628. The van der Waals surface area contributed by atoms with Gasteiger partial charge in [0.2, 0.25) is 0 Å². The topological polar surface area (TPSA) is 42.0 Å². The molecular formula is C18H21ClN2OS. The van der Waals surface area contributed by atoms with E-state index >= 15 is 0 Å². The molecule has 0 fully saturated rings. The molecule has 1 heterocycles. The van der Waals surface area contributed by atoms with Crippen LogP contribution in [0, 0.1) is 0 Å². The van der Waals surface area contributed by atoms with Crippen molar-refractivity contribution in [2.24, 2.45) is 0 Å². The molecule has 0 unspecified atom stereocenters. The number of nitrogens with one attached hydrogen (secondary N) is 1. The molecule has 1 aromatic carbocycles. The van der Waals surface area contributed by atoms with Crippen LogP contribution in [0.25, 0.3) is 0 Å². The van der Waals surface area contributed by atoms with Crippen LogP contribution in [0.2, 0.25) is 5.02 Å². The van der Waals surface area contributed by atoms with Crippen LogP contribution in [0.15, 0.2) is 47.6 Å². The molecule has 0 atom stereocenters. The Morgan fingerprint density at radius 3 is 2.83 bits per heavy atom. The third kappa shape index (κ3) is 5.56. The fourth-order valence-electron chi connectivity index (χ4n) is 2.11. The Bertz CT molecular complexity index is 648. The molecule has 122 valence electrons. The van der Waals surface area contributed by atoms with Crippen molar-refractivity contribution in [2.75, 3.05) is 6.54 Å². The predicted molar refractivity (Wildman–Crippen MR) is 97.1 cm³/mol. The molecule has 0 saturated carbocycles. The monoisotopic (exact) mass is 348 g/mol. The van der Waals surface area contributed by atoms with Crippen LogP contribution in [0.5, 0.6) is 0 Å². The molecule has 0 radical (unpaired) electrons. The number of pyridine rings is 1. The van der Waals surface area contributed by atoms with Gasteiger partial charge in [0, 0.05) is 23.5 Å². The second-order valence-electron chi connectivity index (χ2n) is 5.20. The van der Waals surface area contributed by atoms with Crippen molar-refractivity contribution in [2.45, 2.75) is 37.0 Å². The number of halogens is 1. The summed E-state index contributed by atoms with van der Waals surface area (Å²) in [6.45, 7) is 2.85. The quantitative estimate of drug-likeness (QED) is 0.542. The predicted octanol–water partition coefficient (Wildman–Crippen LogP) is 4.95. The van der Waals surface area contributed by atoms with E-state index in [4.69, 9.17) is 11.6 Å². The fraction of sp³-hybridized carbons (Fsp3) is 0.333. The lowest BCUT2D eigenvalue weighted by atomic mass is 10.2. The second-order valence-corrected chi connectivity index (χ2v) is 6.57. The number of hydrogen-bond acceptors (Lipinski definition) is 3. The minimum Gasteiger partial charge on any atom is -0.352 e. The molecule has 3 nitrogen and oxygen atoms in total. The maximum absolute atomic E-state index is 12.3. The smallest absolute Gasteiger partial charge is 0.254 e. The standard InChI is InChI=1S/C18H21ClN2OS/c1-2-3-6-11-20-17(22)15-9-7-12-21-18(15)23-13-14-8-4-5-10-16(14)19/h4-5,7-10,12H,2-3,6,11,13H2,1H3,(H,20,22). The highest BCUT2D eigenvalue weighted by Gasteiger charge is 2.12. The average Bonchev–Trinajstić information content (AvgIpc) is 2.58. The zero-order valence-electron chi connectivity index (χ0n) is 13.2. The van der Waals surface area contributed by atoms with E-state index in [1.807, 2.05) is 30.3 Å². The Kier molecular flexibility index (Phi) is 7.43. The van der Waals surface area contributed by atoms with Crippen molar-refractivity contribution in [3.8, 4) is 0 Å². The zero-order valence-corrected chi connectivity index (χ0v) is 14.8. The molecule has 0 spiro atoms. The average molecular weight is 349 g/mol. The summed E-state index contributed by atoms with van der Waals surface area (Å²) in [7, 11) is 0. The van der Waals surface area contributed by atoms with Crippen molar-refractivity contribution in [1.29, 1.82) is 0 Å². The molecule has 1 N–H and O–H groups in total. The first-order valence-corrected chi connectivity index (χ1v) is 9.18. The number of carbonyl (C=O) groups excluding carboxylic acids is 1. The summed E-state index contributed by atoms with van der Waals surface area (Å²) in [5.41, 5.74) is 1.67. The molecule has 5 heteroatoms. The minimum atomic E-state index is -0.0594. The third-order valence-electron chi connectivity index (χ3n) is 3.40. The normalized spacial score (nSPS) is 10.5. The molecule has 23 heavy (non-hydrogen) atoms. The third-order valence-corrected chi connectivity index (χ3v) is 4.83. The van der Waals surface area contributed by atoms with Crippen LogP contribution < -0.4 is 5.32 Å². The SMILES string of the molecule is CCCCCNC(=O)c1cccnc1SCc1ccccc1Cl. The van der Waals surface area contributed by atoms with Crippen LogP contribution in [0.1, 0.15) is 42.1 Å². The molecular weight excluding hydrogens is 328 g/mol. The van der Waals surface area contributed by atoms with Gasteiger partial charge in [-0.15, -0.1) is 11.8 Å². The number of nitrogens with zero attached hydrogens (tertiary/aromatic N) is 1. The summed E-state index contributed by atoms with van der Waals surface area (Å²) in [6.07, 6.45) is 4.98. The maximum atomic E-state index is 12.3. The van der Waals surface area contributed by atoms with Crippen molar-refractivity contribution in [3.63, 3.8) is 0 Å². The molecule has 2 aromatic rings. The Hall–Kier alpha value is -1.52. The first kappa shape index (κ1) is 17.8. The van der Waals surface area contributed by atoms with Crippen LogP contribution in [-0.4, -0.2) is 17.4 Å². The largest absolute Gasteiger partial charge is 0.352 e. The lowest BCUT2D eigenvalue weighted by Gasteiger charge is -2.09. The van der Waals surface area contributed by atoms with E-state index < -0.39 is 0 Å². The van der Waals surface area contributed by atoms with E-state index in [2.05, 4.69) is 17.2 Å². The first-order valence-electron chi connectivity index (χ1n) is 7.81. The van der Waals surface area contributed by atoms with Crippen molar-refractivity contribution < 1.29 is 4.79 Å². The van der Waals surface area contributed by atoms with Gasteiger partial charge in [-0.25, -0.2) is 4.98 Å². The molecule has 0 bridgehead atoms. The van der Waals surface area contributed by atoms with Gasteiger partial charge < -0.3 is 5.32 Å². The number of hydrogen-bond donors (Lipinski definition) is 1. The van der Waals surface area contributed by atoms with Crippen LogP contribution in [-0.2, 0) is 5.75 Å². The highest BCUT2D eigenvalue weighted by Crippen LogP contribution is 2.27. The lowest BCUT2D eigenvalue weighted by Crippen LogP contribution is -2.25. The molecule has 1 aromatic heterocycles. The van der Waals surface area contributed by atoms with Gasteiger partial charge in [-0.1, -0.05) is 49.6 Å². The molecule has 0 saturated heterocycles. The highest BCUT2D eigenvalue weighted by atomic mass is 35.5. The van der Waals surface area contributed by atoms with Crippen LogP contribution in [0.3, 0.4) is 0 Å². The number of thioether (sulfide) groups is 1. The number of carbonyl (C=O) groups is 1. The molecule has 0 aliphatic carbocycles. The Labute approximate surface area is 146 Å². The van der Waals surface area contributed by atoms with Crippen molar-refractivity contribution in [1.82, 2.24) is 10.3 Å². The summed E-state index contributed by atoms with van der Waals surface area (Å²) >= 11 is 7.71. The van der Waals surface area contributed by atoms with E-state index in [1.165, 1.54) is 11.8 Å². The first-order chi connectivity index (χ1) is 11.2. The zero-order chi connectivity index (χ0) is 16.5. The summed E-state index contributed by atoms with van der Waals surface area (Å²) in [6, 6.07) is 11.3. The van der Waals surface area contributed by atoms with E-state index in [1.54, 1.807) is 12.3 Å². The maximum Gasteiger partial charge on any atom is 0.254 e. The highest BCUT2D eigenvalue weighted by molar-refractivity contribution is 7.98. The van der Waals surface area contributed by atoms with Gasteiger partial charge in [0.1, 0.15) is 5.03 Å². The molecule has 0 aliphatic rings. The lowest BCUT2D eigenvalue weighted by molar-refractivity contribution is 0.0949. The van der Waals surface area contributed by atoms with Gasteiger partial charge >= 0.3 is 0 Å². The van der Waals surface area contributed by atoms with Gasteiger partial charge in [0.05, 0.1) is 5.56 Å². The van der Waals surface area contributed by atoms with Gasteiger partial charge in [-0.2, -0.15) is 0 Å². The van der Waals surface area contributed by atoms with E-state index in [0.717, 1.165) is 34.9 Å². The fourth-order valence-corrected chi connectivity index (χ4v) is 3.39. The molecule has 1 amide bonds. The second kappa shape index (κ2) is 9.58. The number of rotatable bonds is 8.